The molecule has 2 rings (SSSR count). The lowest BCUT2D eigenvalue weighted by Crippen LogP contribution is -2.34. The Morgan fingerprint density at radius 3 is 2.57 bits per heavy atom. The Bertz CT molecular complexity index is 542. The van der Waals surface area contributed by atoms with Crippen LogP contribution >= 0.6 is 0 Å². The summed E-state index contributed by atoms with van der Waals surface area (Å²) >= 11 is 0. The summed E-state index contributed by atoms with van der Waals surface area (Å²) in [7, 11) is 1.94. The highest BCUT2D eigenvalue weighted by atomic mass is 16.2. The molecule has 1 aromatic rings. The minimum absolute atomic E-state index is 0.0572. The van der Waals surface area contributed by atoms with Gasteiger partial charge in [-0.3, -0.25) is 4.79 Å². The zero-order valence-corrected chi connectivity index (χ0v) is 14.1. The van der Waals surface area contributed by atoms with Gasteiger partial charge in [0.2, 0.25) is 0 Å². The highest BCUT2D eigenvalue weighted by molar-refractivity contribution is 5.95. The maximum Gasteiger partial charge on any atom is 0.319 e. The highest BCUT2D eigenvalue weighted by Crippen LogP contribution is 2.19. The van der Waals surface area contributed by atoms with Gasteiger partial charge in [0.05, 0.1) is 0 Å². The number of carbonyl (C=O) groups is 2. The quantitative estimate of drug-likeness (QED) is 0.776. The first kappa shape index (κ1) is 17.3. The molecule has 0 spiro atoms. The number of hydrogen-bond acceptors (Lipinski definition) is 3. The number of carbonyl (C=O) groups excluding carboxylic acids is 2. The summed E-state index contributed by atoms with van der Waals surface area (Å²) in [6.45, 7) is 6.35. The molecule has 1 atom stereocenters. The Morgan fingerprint density at radius 2 is 1.96 bits per heavy atom. The summed E-state index contributed by atoms with van der Waals surface area (Å²) < 4.78 is 0. The van der Waals surface area contributed by atoms with Gasteiger partial charge in [0.25, 0.3) is 5.91 Å². The molecule has 0 bridgehead atoms. The van der Waals surface area contributed by atoms with Crippen LogP contribution in [0.1, 0.15) is 30.6 Å². The lowest BCUT2D eigenvalue weighted by molar-refractivity contribution is 0.0787. The number of benzene rings is 1. The average Bonchev–Trinajstić information content (AvgIpc) is 2.95. The first-order chi connectivity index (χ1) is 11.0. The molecule has 0 aromatic heterocycles. The number of nitrogens with zero attached hydrogens (tertiary/aromatic N) is 1. The fourth-order valence-corrected chi connectivity index (χ4v) is 2.78. The number of urea groups is 1. The van der Waals surface area contributed by atoms with Crippen molar-refractivity contribution in [3.63, 3.8) is 0 Å². The van der Waals surface area contributed by atoms with Crippen LogP contribution in [-0.4, -0.2) is 49.6 Å². The molecule has 3 N–H and O–H groups in total. The second kappa shape index (κ2) is 7.97. The molecule has 1 fully saturated rings. The van der Waals surface area contributed by atoms with Crippen molar-refractivity contribution in [3.05, 3.63) is 29.8 Å². The molecule has 6 nitrogen and oxygen atoms in total. The summed E-state index contributed by atoms with van der Waals surface area (Å²) in [5, 5.41) is 8.67. The van der Waals surface area contributed by atoms with E-state index in [1.165, 1.54) is 0 Å². The van der Waals surface area contributed by atoms with Gasteiger partial charge in [0.15, 0.2) is 0 Å². The fourth-order valence-electron chi connectivity index (χ4n) is 2.78. The van der Waals surface area contributed by atoms with Crippen molar-refractivity contribution in [1.29, 1.82) is 0 Å². The second-order valence-corrected chi connectivity index (χ2v) is 6.29. The third-order valence-electron chi connectivity index (χ3n) is 3.88. The molecule has 0 saturated carbocycles. The number of hydrogen-bond donors (Lipinski definition) is 3. The maximum atomic E-state index is 12.5. The molecule has 1 heterocycles. The Hall–Kier alpha value is -2.08. The van der Waals surface area contributed by atoms with Crippen LogP contribution in [0.3, 0.4) is 0 Å². The lowest BCUT2D eigenvalue weighted by Gasteiger charge is -2.17. The summed E-state index contributed by atoms with van der Waals surface area (Å²) in [6.07, 6.45) is 1.04. The molecule has 3 amide bonds. The molecule has 1 saturated heterocycles. The third-order valence-corrected chi connectivity index (χ3v) is 3.88. The van der Waals surface area contributed by atoms with Gasteiger partial charge in [0, 0.05) is 30.4 Å². The number of anilines is 1. The van der Waals surface area contributed by atoms with E-state index in [-0.39, 0.29) is 18.0 Å². The zero-order chi connectivity index (χ0) is 16.8. The summed E-state index contributed by atoms with van der Waals surface area (Å²) in [5.74, 6) is 0.589. The topological polar surface area (TPSA) is 73.5 Å². The van der Waals surface area contributed by atoms with E-state index in [4.69, 9.17) is 0 Å². The molecule has 126 valence electrons. The monoisotopic (exact) mass is 318 g/mol. The summed E-state index contributed by atoms with van der Waals surface area (Å²) in [5.41, 5.74) is 1.33. The van der Waals surface area contributed by atoms with Crippen LogP contribution in [0.2, 0.25) is 0 Å². The van der Waals surface area contributed by atoms with Crippen molar-refractivity contribution in [2.75, 3.05) is 32.0 Å². The highest BCUT2D eigenvalue weighted by Gasteiger charge is 2.26. The van der Waals surface area contributed by atoms with Gasteiger partial charge in [-0.15, -0.1) is 0 Å². The fraction of sp³-hybridized carbons (Fsp3) is 0.529. The molecular formula is C17H26N4O2. The first-order valence-corrected chi connectivity index (χ1v) is 8.11. The van der Waals surface area contributed by atoms with Crippen LogP contribution in [-0.2, 0) is 0 Å². The standard InChI is InChI=1S/C17H26N4O2/c1-12(2)19-17(23)20-15-6-4-14(5-7-15)16(22)21-9-8-13(11-21)10-18-3/h4-7,12-13,18H,8-11H2,1-3H3,(H2,19,20,23). The predicted octanol–water partition coefficient (Wildman–Crippen LogP) is 1.90. The van der Waals surface area contributed by atoms with Crippen LogP contribution < -0.4 is 16.0 Å². The van der Waals surface area contributed by atoms with Gasteiger partial charge in [0.1, 0.15) is 0 Å². The normalized spacial score (nSPS) is 17.4. The molecule has 0 aliphatic carbocycles. The number of amides is 3. The largest absolute Gasteiger partial charge is 0.338 e. The number of rotatable bonds is 5. The Morgan fingerprint density at radius 1 is 1.26 bits per heavy atom. The first-order valence-electron chi connectivity index (χ1n) is 8.11. The number of likely N-dealkylation sites (tertiary alicyclic amines) is 1. The lowest BCUT2D eigenvalue weighted by atomic mass is 10.1. The van der Waals surface area contributed by atoms with Crippen molar-refractivity contribution in [3.8, 4) is 0 Å². The molecule has 1 aromatic carbocycles. The Balaban J connectivity index is 1.91. The van der Waals surface area contributed by atoms with Crippen molar-refractivity contribution < 1.29 is 9.59 Å². The van der Waals surface area contributed by atoms with Gasteiger partial charge in [-0.05, 0) is 64.0 Å². The smallest absolute Gasteiger partial charge is 0.319 e. The maximum absolute atomic E-state index is 12.5. The summed E-state index contributed by atoms with van der Waals surface area (Å²) in [4.78, 5) is 26.0. The van der Waals surface area contributed by atoms with E-state index in [0.29, 0.717) is 17.2 Å². The zero-order valence-electron chi connectivity index (χ0n) is 14.1. The van der Waals surface area contributed by atoms with Crippen molar-refractivity contribution in [1.82, 2.24) is 15.5 Å². The van der Waals surface area contributed by atoms with Crippen molar-refractivity contribution in [2.24, 2.45) is 5.92 Å². The van der Waals surface area contributed by atoms with E-state index in [1.54, 1.807) is 24.3 Å². The van der Waals surface area contributed by atoms with Crippen molar-refractivity contribution in [2.45, 2.75) is 26.3 Å². The van der Waals surface area contributed by atoms with Gasteiger partial charge >= 0.3 is 6.03 Å². The molecule has 1 unspecified atom stereocenters. The van der Waals surface area contributed by atoms with Crippen LogP contribution in [0.25, 0.3) is 0 Å². The van der Waals surface area contributed by atoms with E-state index in [2.05, 4.69) is 16.0 Å². The van der Waals surface area contributed by atoms with Gasteiger partial charge < -0.3 is 20.9 Å². The Labute approximate surface area is 137 Å². The van der Waals surface area contributed by atoms with Crippen LogP contribution in [0, 0.1) is 5.92 Å². The second-order valence-electron chi connectivity index (χ2n) is 6.29. The van der Waals surface area contributed by atoms with Crippen LogP contribution in [0.5, 0.6) is 0 Å². The van der Waals surface area contributed by atoms with E-state index in [1.807, 2.05) is 25.8 Å². The molecule has 23 heavy (non-hydrogen) atoms. The predicted molar refractivity (Wildman–Crippen MR) is 91.7 cm³/mol. The summed E-state index contributed by atoms with van der Waals surface area (Å²) in [6, 6.07) is 6.88. The minimum Gasteiger partial charge on any atom is -0.338 e. The van der Waals surface area contributed by atoms with Gasteiger partial charge in [-0.25, -0.2) is 4.79 Å². The molecule has 0 radical (unpaired) electrons. The molecule has 1 aliphatic rings. The van der Waals surface area contributed by atoms with Gasteiger partial charge in [-0.1, -0.05) is 0 Å². The third kappa shape index (κ3) is 4.96. The van der Waals surface area contributed by atoms with E-state index in [9.17, 15) is 9.59 Å². The van der Waals surface area contributed by atoms with Gasteiger partial charge in [-0.2, -0.15) is 0 Å². The molecule has 6 heteroatoms. The van der Waals surface area contributed by atoms with Crippen molar-refractivity contribution >= 4 is 17.6 Å². The van der Waals surface area contributed by atoms with E-state index in [0.717, 1.165) is 26.1 Å². The van der Waals surface area contributed by atoms with Crippen LogP contribution in [0.4, 0.5) is 10.5 Å². The number of nitrogens with one attached hydrogen (secondary N) is 3. The average molecular weight is 318 g/mol. The SMILES string of the molecule is CNCC1CCN(C(=O)c2ccc(NC(=O)NC(C)C)cc2)C1. The Kier molecular flexibility index (Phi) is 5.98. The van der Waals surface area contributed by atoms with E-state index < -0.39 is 0 Å². The molecule has 1 aliphatic heterocycles. The minimum atomic E-state index is -0.242. The van der Waals surface area contributed by atoms with Crippen LogP contribution in [0.15, 0.2) is 24.3 Å². The van der Waals surface area contributed by atoms with E-state index >= 15 is 0 Å². The molecular weight excluding hydrogens is 292 g/mol.